The fourth-order valence-corrected chi connectivity index (χ4v) is 5.14. The Kier molecular flexibility index (Phi) is 14.0. The van der Waals surface area contributed by atoms with Crippen molar-refractivity contribution in [2.75, 3.05) is 26.4 Å². The first kappa shape index (κ1) is 38.6. The maximum absolute atomic E-state index is 14.2. The Morgan fingerprint density at radius 3 is 2.26 bits per heavy atom. The van der Waals surface area contributed by atoms with Gasteiger partial charge in [-0.3, -0.25) is 34.0 Å². The molecular weight excluding hydrogens is 666 g/mol. The van der Waals surface area contributed by atoms with Gasteiger partial charge in [-0.1, -0.05) is 13.0 Å². The van der Waals surface area contributed by atoms with Gasteiger partial charge in [-0.05, 0) is 68.1 Å². The van der Waals surface area contributed by atoms with E-state index in [0.717, 1.165) is 6.07 Å². The van der Waals surface area contributed by atoms with Crippen LogP contribution in [-0.4, -0.2) is 93.9 Å². The number of aryl methyl sites for hydroxylation is 1. The van der Waals surface area contributed by atoms with Gasteiger partial charge in [0.2, 0.25) is 12.3 Å². The number of hydrogen-bond donors (Lipinski definition) is 5. The summed E-state index contributed by atoms with van der Waals surface area (Å²) in [5, 5.41) is 33.7. The molecule has 17 heteroatoms. The van der Waals surface area contributed by atoms with Crippen LogP contribution in [-0.2, 0) is 25.6 Å². The van der Waals surface area contributed by atoms with E-state index in [1.165, 1.54) is 36.4 Å². The summed E-state index contributed by atoms with van der Waals surface area (Å²) >= 11 is 0. The third-order valence-electron chi connectivity index (χ3n) is 7.44. The van der Waals surface area contributed by atoms with Crippen molar-refractivity contribution in [3.8, 4) is 17.1 Å². The lowest BCUT2D eigenvalue weighted by molar-refractivity contribution is -0.168. The van der Waals surface area contributed by atoms with E-state index < -0.39 is 73.0 Å². The Labute approximate surface area is 284 Å². The van der Waals surface area contributed by atoms with E-state index in [0.29, 0.717) is 16.0 Å². The molecule has 0 fully saturated rings. The molecule has 2 aromatic carbocycles. The summed E-state index contributed by atoms with van der Waals surface area (Å²) in [6.07, 6.45) is 0.219. The zero-order chi connectivity index (χ0) is 37.0. The minimum absolute atomic E-state index is 0.0239. The summed E-state index contributed by atoms with van der Waals surface area (Å²) in [7, 11) is 0. The van der Waals surface area contributed by atoms with Gasteiger partial charge in [0, 0.05) is 17.2 Å². The molecule has 3 aromatic rings. The van der Waals surface area contributed by atoms with Crippen LogP contribution in [0.1, 0.15) is 53.2 Å². The van der Waals surface area contributed by atoms with Gasteiger partial charge in [0.25, 0.3) is 11.8 Å². The van der Waals surface area contributed by atoms with Crippen molar-refractivity contribution in [1.29, 1.82) is 0 Å². The Balaban J connectivity index is 1.74. The summed E-state index contributed by atoms with van der Waals surface area (Å²) in [4.78, 5) is 73.5. The first-order chi connectivity index (χ1) is 23.8. The number of carbonyl (C=O) groups is 6. The van der Waals surface area contributed by atoms with Crippen LogP contribution < -0.4 is 15.4 Å². The number of benzene rings is 2. The van der Waals surface area contributed by atoms with Gasteiger partial charge >= 0.3 is 11.9 Å². The molecule has 3 rings (SSSR count). The number of hydroxylamine groups is 2. The molecule has 0 spiro atoms. The van der Waals surface area contributed by atoms with E-state index >= 15 is 0 Å². The molecule has 0 saturated carbocycles. The normalized spacial score (nSPS) is 11.9. The van der Waals surface area contributed by atoms with Crippen LogP contribution >= 0.6 is 0 Å². The van der Waals surface area contributed by atoms with E-state index in [4.69, 9.17) is 19.4 Å². The van der Waals surface area contributed by atoms with Crippen LogP contribution in [0.15, 0.2) is 52.9 Å². The fraction of sp³-hybridized carbons (Fsp3) is 0.333. The molecule has 0 saturated heterocycles. The summed E-state index contributed by atoms with van der Waals surface area (Å²) < 4.78 is 38.7. The number of nitrogens with zero attached hydrogens (tertiary/aromatic N) is 2. The van der Waals surface area contributed by atoms with Crippen LogP contribution in [0, 0.1) is 17.6 Å². The topological polar surface area (TPSA) is 216 Å². The number of ether oxygens (including phenoxy) is 1. The second kappa shape index (κ2) is 18.1. The maximum Gasteiger partial charge on any atom is 0.323 e. The molecular formula is C33H36F2N4O11. The van der Waals surface area contributed by atoms with Gasteiger partial charge in [-0.2, -0.15) is 0 Å². The number of carboxylic acid groups (broad SMARTS) is 2. The SMILES string of the molecule is CCOc1cc(C(=O)N(CC(=O)O)CC(=O)O)cc(-c2ccc(C(=O)NCNC(=O)C(CCc3ccc(F)cc3F)C(CC)N(O)C=O)o2)c1. The second-order valence-electron chi connectivity index (χ2n) is 10.9. The fourth-order valence-electron chi connectivity index (χ4n) is 5.14. The number of furan rings is 1. The van der Waals surface area contributed by atoms with Crippen molar-refractivity contribution in [2.24, 2.45) is 5.92 Å². The van der Waals surface area contributed by atoms with Crippen molar-refractivity contribution in [1.82, 2.24) is 20.6 Å². The molecule has 1 aromatic heterocycles. The van der Waals surface area contributed by atoms with E-state index in [2.05, 4.69) is 10.6 Å². The summed E-state index contributed by atoms with van der Waals surface area (Å²) in [6.45, 7) is 1.33. The highest BCUT2D eigenvalue weighted by molar-refractivity contribution is 5.99. The molecule has 2 atom stereocenters. The number of aliphatic carboxylic acids is 2. The molecule has 2 unspecified atom stereocenters. The third-order valence-corrected chi connectivity index (χ3v) is 7.44. The van der Waals surface area contributed by atoms with Crippen molar-refractivity contribution in [3.63, 3.8) is 0 Å². The maximum atomic E-state index is 14.2. The lowest BCUT2D eigenvalue weighted by Gasteiger charge is -2.29. The summed E-state index contributed by atoms with van der Waals surface area (Å²) in [5.41, 5.74) is 0.265. The van der Waals surface area contributed by atoms with Crippen LogP contribution in [0.2, 0.25) is 0 Å². The van der Waals surface area contributed by atoms with E-state index in [1.54, 1.807) is 13.8 Å². The number of carboxylic acids is 2. The first-order valence-corrected chi connectivity index (χ1v) is 15.3. The van der Waals surface area contributed by atoms with Gasteiger partial charge in [0.15, 0.2) is 5.76 Å². The van der Waals surface area contributed by atoms with Crippen molar-refractivity contribution in [2.45, 2.75) is 39.2 Å². The van der Waals surface area contributed by atoms with Gasteiger partial charge in [0.05, 0.1) is 25.2 Å². The van der Waals surface area contributed by atoms with Crippen LogP contribution in [0.5, 0.6) is 5.75 Å². The minimum Gasteiger partial charge on any atom is -0.494 e. The van der Waals surface area contributed by atoms with Crippen molar-refractivity contribution in [3.05, 3.63) is 77.1 Å². The van der Waals surface area contributed by atoms with Crippen LogP contribution in [0.25, 0.3) is 11.3 Å². The van der Waals surface area contributed by atoms with E-state index in [-0.39, 0.29) is 66.2 Å². The zero-order valence-corrected chi connectivity index (χ0v) is 27.1. The summed E-state index contributed by atoms with van der Waals surface area (Å²) in [5.74, 6) is -7.76. The number of rotatable bonds is 19. The number of carbonyl (C=O) groups excluding carboxylic acids is 4. The standard InChI is InChI=1S/C33H36F2N4O11/c1-3-26(39(48)18-40)24(8-6-19-5-7-22(34)14-25(19)35)31(45)36-17-37-32(46)28-10-9-27(50-28)20-11-21(13-23(12-20)49-4-2)33(47)38(15-29(41)42)16-30(43)44/h5,7,9-14,18,24,26,48H,3-4,6,8,15-17H2,1-2H3,(H,36,45)(H,37,46)(H,41,42)(H,43,44). The molecule has 15 nitrogen and oxygen atoms in total. The predicted octanol–water partition coefficient (Wildman–Crippen LogP) is 2.91. The largest absolute Gasteiger partial charge is 0.494 e. The molecule has 0 bridgehead atoms. The number of hydrogen-bond acceptors (Lipinski definition) is 9. The Bertz CT molecular complexity index is 1700. The molecule has 1 heterocycles. The number of halogens is 2. The Morgan fingerprint density at radius 1 is 0.960 bits per heavy atom. The molecule has 0 aliphatic carbocycles. The quantitative estimate of drug-likeness (QED) is 0.0530. The van der Waals surface area contributed by atoms with Crippen molar-refractivity contribution >= 4 is 36.1 Å². The molecule has 268 valence electrons. The number of amides is 4. The second-order valence-corrected chi connectivity index (χ2v) is 10.9. The predicted molar refractivity (Wildman–Crippen MR) is 169 cm³/mol. The average Bonchev–Trinajstić information content (AvgIpc) is 3.57. The highest BCUT2D eigenvalue weighted by atomic mass is 19.1. The molecule has 0 aliphatic rings. The van der Waals surface area contributed by atoms with Gasteiger partial charge in [-0.15, -0.1) is 0 Å². The van der Waals surface area contributed by atoms with Crippen LogP contribution in [0.3, 0.4) is 0 Å². The summed E-state index contributed by atoms with van der Waals surface area (Å²) in [6, 6.07) is 8.83. The zero-order valence-electron chi connectivity index (χ0n) is 27.1. The Hall–Kier alpha value is -5.84. The monoisotopic (exact) mass is 702 g/mol. The molecule has 0 aliphatic heterocycles. The third kappa shape index (κ3) is 10.6. The Morgan fingerprint density at radius 2 is 1.66 bits per heavy atom. The molecule has 4 amide bonds. The van der Waals surface area contributed by atoms with E-state index in [1.807, 2.05) is 0 Å². The molecule has 5 N–H and O–H groups in total. The van der Waals surface area contributed by atoms with E-state index in [9.17, 15) is 42.8 Å². The average molecular weight is 703 g/mol. The van der Waals surface area contributed by atoms with Gasteiger partial charge in [-0.25, -0.2) is 13.8 Å². The molecule has 0 radical (unpaired) electrons. The van der Waals surface area contributed by atoms with Crippen LogP contribution in [0.4, 0.5) is 8.78 Å². The first-order valence-electron chi connectivity index (χ1n) is 15.3. The van der Waals surface area contributed by atoms with Crippen molar-refractivity contribution < 1.29 is 62.1 Å². The van der Waals surface area contributed by atoms with Gasteiger partial charge < -0.3 is 34.9 Å². The number of nitrogens with one attached hydrogen (secondary N) is 2. The lowest BCUT2D eigenvalue weighted by Crippen LogP contribution is -2.47. The smallest absolute Gasteiger partial charge is 0.323 e. The highest BCUT2D eigenvalue weighted by Crippen LogP contribution is 2.29. The minimum atomic E-state index is -1.42. The molecule has 50 heavy (non-hydrogen) atoms. The lowest BCUT2D eigenvalue weighted by atomic mass is 9.89. The highest BCUT2D eigenvalue weighted by Gasteiger charge is 2.31. The van der Waals surface area contributed by atoms with Gasteiger partial charge in [0.1, 0.15) is 36.2 Å².